The number of nitrogens with zero attached hydrogens (tertiary/aromatic N) is 2. The van der Waals surface area contributed by atoms with E-state index in [0.29, 0.717) is 18.7 Å². The first-order valence-electron chi connectivity index (χ1n) is 12.0. The van der Waals surface area contributed by atoms with Crippen LogP contribution in [0.4, 0.5) is 5.69 Å². The zero-order chi connectivity index (χ0) is 26.1. The van der Waals surface area contributed by atoms with Crippen LogP contribution in [0.3, 0.4) is 0 Å². The van der Waals surface area contributed by atoms with Crippen LogP contribution >= 0.6 is 0 Å². The van der Waals surface area contributed by atoms with Crippen molar-refractivity contribution in [1.29, 1.82) is 0 Å². The van der Waals surface area contributed by atoms with Gasteiger partial charge in [0.2, 0.25) is 11.8 Å². The lowest BCUT2D eigenvalue weighted by Crippen LogP contribution is -2.52. The predicted octanol–water partition coefficient (Wildman–Crippen LogP) is 4.13. The Morgan fingerprint density at radius 2 is 1.44 bits per heavy atom. The number of benzene rings is 3. The highest BCUT2D eigenvalue weighted by molar-refractivity contribution is 7.92. The molecule has 0 radical (unpaired) electrons. The van der Waals surface area contributed by atoms with Crippen molar-refractivity contribution in [2.75, 3.05) is 17.4 Å². The topological polar surface area (TPSA) is 86.8 Å². The van der Waals surface area contributed by atoms with Crippen LogP contribution in [-0.2, 0) is 26.2 Å². The Labute approximate surface area is 213 Å². The fraction of sp³-hybridized carbons (Fsp3) is 0.286. The second-order valence-electron chi connectivity index (χ2n) is 8.49. The highest BCUT2D eigenvalue weighted by Crippen LogP contribution is 2.25. The molecule has 0 aliphatic heterocycles. The summed E-state index contributed by atoms with van der Waals surface area (Å²) in [5, 5.41) is 2.80. The van der Waals surface area contributed by atoms with Crippen LogP contribution in [0, 0.1) is 6.92 Å². The van der Waals surface area contributed by atoms with Gasteiger partial charge in [-0.1, -0.05) is 73.2 Å². The van der Waals surface area contributed by atoms with Gasteiger partial charge in [0.05, 0.1) is 10.6 Å². The Balaban J connectivity index is 2.03. The molecular weight excluding hydrogens is 474 g/mol. The molecule has 3 aromatic carbocycles. The molecule has 0 spiro atoms. The van der Waals surface area contributed by atoms with E-state index >= 15 is 0 Å². The zero-order valence-electron chi connectivity index (χ0n) is 20.9. The predicted molar refractivity (Wildman–Crippen MR) is 142 cm³/mol. The molecule has 0 aromatic heterocycles. The standard InChI is InChI=1S/C28H33N3O4S/c1-4-26(28(33)29-5-2)30(20-23-12-8-6-9-13-23)27(32)21-31(24-18-16-22(3)17-19-24)36(34,35)25-14-10-7-11-15-25/h6-19,26H,4-5,20-21H2,1-3H3,(H,29,33). The zero-order valence-corrected chi connectivity index (χ0v) is 21.7. The molecule has 1 unspecified atom stereocenters. The number of aryl methyl sites for hydroxylation is 1. The number of hydrogen-bond acceptors (Lipinski definition) is 4. The minimum absolute atomic E-state index is 0.0868. The summed E-state index contributed by atoms with van der Waals surface area (Å²) in [6.45, 7) is 5.74. The molecule has 0 saturated carbocycles. The molecule has 0 aliphatic rings. The molecule has 190 valence electrons. The van der Waals surface area contributed by atoms with Crippen molar-refractivity contribution in [3.63, 3.8) is 0 Å². The van der Waals surface area contributed by atoms with Gasteiger partial charge in [0, 0.05) is 13.1 Å². The molecule has 1 atom stereocenters. The van der Waals surface area contributed by atoms with E-state index in [2.05, 4.69) is 5.32 Å². The van der Waals surface area contributed by atoms with Gasteiger partial charge >= 0.3 is 0 Å². The third kappa shape index (κ3) is 6.51. The Morgan fingerprint density at radius 3 is 2.00 bits per heavy atom. The second-order valence-corrected chi connectivity index (χ2v) is 10.3. The lowest BCUT2D eigenvalue weighted by atomic mass is 10.1. The summed E-state index contributed by atoms with van der Waals surface area (Å²) in [6.07, 6.45) is 0.389. The van der Waals surface area contributed by atoms with Gasteiger partial charge in [-0.05, 0) is 50.1 Å². The van der Waals surface area contributed by atoms with E-state index in [9.17, 15) is 18.0 Å². The quantitative estimate of drug-likeness (QED) is 0.423. The molecule has 0 heterocycles. The smallest absolute Gasteiger partial charge is 0.264 e. The van der Waals surface area contributed by atoms with E-state index in [1.165, 1.54) is 17.0 Å². The van der Waals surface area contributed by atoms with E-state index in [4.69, 9.17) is 0 Å². The van der Waals surface area contributed by atoms with Crippen molar-refractivity contribution in [2.24, 2.45) is 0 Å². The van der Waals surface area contributed by atoms with Gasteiger partial charge in [0.1, 0.15) is 12.6 Å². The average Bonchev–Trinajstić information content (AvgIpc) is 2.89. The van der Waals surface area contributed by atoms with E-state index < -0.39 is 28.5 Å². The summed E-state index contributed by atoms with van der Waals surface area (Å²) in [4.78, 5) is 28.3. The van der Waals surface area contributed by atoms with Crippen molar-refractivity contribution in [2.45, 2.75) is 44.7 Å². The number of nitrogens with one attached hydrogen (secondary N) is 1. The van der Waals surface area contributed by atoms with Crippen LogP contribution < -0.4 is 9.62 Å². The number of amides is 2. The van der Waals surface area contributed by atoms with Crippen molar-refractivity contribution < 1.29 is 18.0 Å². The van der Waals surface area contributed by atoms with Crippen molar-refractivity contribution in [3.05, 3.63) is 96.1 Å². The largest absolute Gasteiger partial charge is 0.355 e. The summed E-state index contributed by atoms with van der Waals surface area (Å²) >= 11 is 0. The Bertz CT molecular complexity index is 1250. The molecule has 0 fully saturated rings. The molecule has 3 aromatic rings. The molecule has 2 amide bonds. The van der Waals surface area contributed by atoms with Crippen LogP contribution in [0.15, 0.2) is 89.8 Å². The minimum Gasteiger partial charge on any atom is -0.355 e. The molecule has 3 rings (SSSR count). The van der Waals surface area contributed by atoms with Crippen LogP contribution in [-0.4, -0.2) is 44.3 Å². The Kier molecular flexibility index (Phi) is 9.25. The second kappa shape index (κ2) is 12.4. The number of rotatable bonds is 11. The number of hydrogen-bond donors (Lipinski definition) is 1. The fourth-order valence-electron chi connectivity index (χ4n) is 3.95. The number of likely N-dealkylation sites (N-methyl/N-ethyl adjacent to an activating group) is 1. The molecule has 7 nitrogen and oxygen atoms in total. The van der Waals surface area contributed by atoms with Crippen LogP contribution in [0.2, 0.25) is 0 Å². The summed E-state index contributed by atoms with van der Waals surface area (Å²) in [7, 11) is -4.05. The first-order chi connectivity index (χ1) is 17.3. The summed E-state index contributed by atoms with van der Waals surface area (Å²) in [5.74, 6) is -0.728. The minimum atomic E-state index is -4.05. The van der Waals surface area contributed by atoms with Gasteiger partial charge in [-0.25, -0.2) is 8.42 Å². The molecule has 8 heteroatoms. The molecule has 0 bridgehead atoms. The van der Waals surface area contributed by atoms with Gasteiger partial charge < -0.3 is 10.2 Å². The first kappa shape index (κ1) is 26.9. The van der Waals surface area contributed by atoms with Crippen LogP contribution in [0.1, 0.15) is 31.4 Å². The molecule has 0 saturated heterocycles. The maximum Gasteiger partial charge on any atom is 0.264 e. The van der Waals surface area contributed by atoms with Crippen LogP contribution in [0.25, 0.3) is 0 Å². The van der Waals surface area contributed by atoms with Crippen molar-refractivity contribution in [1.82, 2.24) is 10.2 Å². The summed E-state index contributed by atoms with van der Waals surface area (Å²) < 4.78 is 28.5. The van der Waals surface area contributed by atoms with E-state index in [1.807, 2.05) is 51.1 Å². The van der Waals surface area contributed by atoms with E-state index in [1.54, 1.807) is 42.5 Å². The average molecular weight is 508 g/mol. The monoisotopic (exact) mass is 507 g/mol. The molecule has 36 heavy (non-hydrogen) atoms. The Hall–Kier alpha value is -3.65. The summed E-state index contributed by atoms with van der Waals surface area (Å²) in [5.41, 5.74) is 2.19. The van der Waals surface area contributed by atoms with Crippen LogP contribution in [0.5, 0.6) is 0 Å². The van der Waals surface area contributed by atoms with Gasteiger partial charge in [0.25, 0.3) is 10.0 Å². The van der Waals surface area contributed by atoms with Gasteiger partial charge in [0.15, 0.2) is 0 Å². The molecule has 1 N–H and O–H groups in total. The highest BCUT2D eigenvalue weighted by atomic mass is 32.2. The van der Waals surface area contributed by atoms with E-state index in [0.717, 1.165) is 15.4 Å². The summed E-state index contributed by atoms with van der Waals surface area (Å²) in [6, 6.07) is 23.6. The third-order valence-corrected chi connectivity index (χ3v) is 7.65. The highest BCUT2D eigenvalue weighted by Gasteiger charge is 2.33. The fourth-order valence-corrected chi connectivity index (χ4v) is 5.39. The maximum absolute atomic E-state index is 13.8. The third-order valence-electron chi connectivity index (χ3n) is 5.86. The molecule has 0 aliphatic carbocycles. The van der Waals surface area contributed by atoms with Gasteiger partial charge in [-0.3, -0.25) is 13.9 Å². The van der Waals surface area contributed by atoms with E-state index in [-0.39, 0.29) is 17.3 Å². The number of anilines is 1. The van der Waals surface area contributed by atoms with Crippen molar-refractivity contribution in [3.8, 4) is 0 Å². The lowest BCUT2D eigenvalue weighted by Gasteiger charge is -2.33. The maximum atomic E-state index is 13.8. The lowest BCUT2D eigenvalue weighted by molar-refractivity contribution is -0.140. The SMILES string of the molecule is CCNC(=O)C(CC)N(Cc1ccccc1)C(=O)CN(c1ccc(C)cc1)S(=O)(=O)c1ccccc1. The normalized spacial score (nSPS) is 12.0. The van der Waals surface area contributed by atoms with Crippen molar-refractivity contribution >= 4 is 27.5 Å². The number of carbonyl (C=O) groups excluding carboxylic acids is 2. The first-order valence-corrected chi connectivity index (χ1v) is 13.5. The Morgan fingerprint density at radius 1 is 0.861 bits per heavy atom. The number of carbonyl (C=O) groups is 2. The van der Waals surface area contributed by atoms with Gasteiger partial charge in [-0.15, -0.1) is 0 Å². The molecular formula is C28H33N3O4S. The number of sulfonamides is 1. The van der Waals surface area contributed by atoms with Gasteiger partial charge in [-0.2, -0.15) is 0 Å².